The topological polar surface area (TPSA) is 98.7 Å². The molecule has 0 aromatic heterocycles. The molecular weight excluding hydrogens is 414 g/mol. The van der Waals surface area contributed by atoms with Gasteiger partial charge in [0.25, 0.3) is 0 Å². The maximum absolute atomic E-state index is 13.9. The molecule has 8 heteroatoms. The second-order valence-corrected chi connectivity index (χ2v) is 11.8. The third kappa shape index (κ3) is 3.99. The third-order valence-electron chi connectivity index (χ3n) is 7.06. The van der Waals surface area contributed by atoms with Gasteiger partial charge in [-0.1, -0.05) is 27.7 Å². The number of hydrogen-bond donors (Lipinski definition) is 3. The number of aliphatic hydroxyl groups is 1. The smallest absolute Gasteiger partial charge is 0.244 e. The Balaban J connectivity index is 2.06. The van der Waals surface area contributed by atoms with Crippen molar-refractivity contribution in [1.82, 2.24) is 15.5 Å². The molecular formula is C23H39N3O4S. The van der Waals surface area contributed by atoms with Crippen LogP contribution in [0.3, 0.4) is 0 Å². The molecule has 3 aliphatic rings. The molecule has 3 saturated heterocycles. The maximum Gasteiger partial charge on any atom is 0.244 e. The highest BCUT2D eigenvalue weighted by atomic mass is 32.2. The van der Waals surface area contributed by atoms with E-state index >= 15 is 0 Å². The number of thioether (sulfide) groups is 1. The molecule has 0 aliphatic carbocycles. The molecule has 3 N–H and O–H groups in total. The summed E-state index contributed by atoms with van der Waals surface area (Å²) in [6.07, 6.45) is 2.28. The van der Waals surface area contributed by atoms with Gasteiger partial charge in [-0.2, -0.15) is 0 Å². The first-order valence-corrected chi connectivity index (χ1v) is 12.7. The van der Waals surface area contributed by atoms with E-state index in [2.05, 4.69) is 31.4 Å². The van der Waals surface area contributed by atoms with Crippen LogP contribution >= 0.6 is 11.8 Å². The molecule has 3 rings (SSSR count). The SMILES string of the molecule is CCCNC(=O)[C@@H]1[C@H]2C(=O)N([C@@H](CO)CC(C)C)C(C(=O)NC(C)C)C23S[C@@H]1CC3C. The van der Waals surface area contributed by atoms with Crippen molar-refractivity contribution in [2.45, 2.75) is 88.9 Å². The number of carbonyl (C=O) groups is 3. The summed E-state index contributed by atoms with van der Waals surface area (Å²) in [5, 5.41) is 16.3. The van der Waals surface area contributed by atoms with Crippen molar-refractivity contribution < 1.29 is 19.5 Å². The largest absolute Gasteiger partial charge is 0.394 e. The number of carbonyl (C=O) groups excluding carboxylic acids is 3. The van der Waals surface area contributed by atoms with Crippen LogP contribution in [0.2, 0.25) is 0 Å². The lowest BCUT2D eigenvalue weighted by Gasteiger charge is -2.40. The molecule has 7 nitrogen and oxygen atoms in total. The molecule has 3 amide bonds. The lowest BCUT2D eigenvalue weighted by Crippen LogP contribution is -2.59. The van der Waals surface area contributed by atoms with Gasteiger partial charge in [0.1, 0.15) is 6.04 Å². The molecule has 31 heavy (non-hydrogen) atoms. The Morgan fingerprint density at radius 2 is 1.94 bits per heavy atom. The minimum atomic E-state index is -0.669. The van der Waals surface area contributed by atoms with Crippen molar-refractivity contribution in [2.75, 3.05) is 13.2 Å². The fraction of sp³-hybridized carbons (Fsp3) is 0.870. The predicted molar refractivity (Wildman–Crippen MR) is 122 cm³/mol. The van der Waals surface area contributed by atoms with Crippen molar-refractivity contribution in [1.29, 1.82) is 0 Å². The molecule has 7 atom stereocenters. The van der Waals surface area contributed by atoms with Gasteiger partial charge in [-0.25, -0.2) is 0 Å². The van der Waals surface area contributed by atoms with Crippen LogP contribution in [0.5, 0.6) is 0 Å². The van der Waals surface area contributed by atoms with E-state index in [-0.39, 0.29) is 47.5 Å². The Labute approximate surface area is 190 Å². The van der Waals surface area contributed by atoms with Crippen molar-refractivity contribution in [2.24, 2.45) is 23.7 Å². The Kier molecular flexibility index (Phi) is 7.31. The van der Waals surface area contributed by atoms with Gasteiger partial charge in [0.2, 0.25) is 17.7 Å². The second-order valence-electron chi connectivity index (χ2n) is 10.2. The summed E-state index contributed by atoms with van der Waals surface area (Å²) in [7, 11) is 0. The van der Waals surface area contributed by atoms with Gasteiger partial charge in [0, 0.05) is 17.8 Å². The number of amides is 3. The average Bonchev–Trinajstić information content (AvgIpc) is 3.27. The maximum atomic E-state index is 13.9. The van der Waals surface area contributed by atoms with E-state index in [0.29, 0.717) is 13.0 Å². The number of rotatable bonds is 9. The molecule has 3 heterocycles. The Morgan fingerprint density at radius 1 is 1.26 bits per heavy atom. The summed E-state index contributed by atoms with van der Waals surface area (Å²) in [4.78, 5) is 42.2. The Bertz CT molecular complexity index is 715. The van der Waals surface area contributed by atoms with Gasteiger partial charge in [-0.05, 0) is 44.9 Å². The molecule has 176 valence electrons. The molecule has 0 saturated carbocycles. The first-order chi connectivity index (χ1) is 14.6. The lowest BCUT2D eigenvalue weighted by atomic mass is 9.66. The fourth-order valence-electron chi connectivity index (χ4n) is 6.00. The van der Waals surface area contributed by atoms with Gasteiger partial charge < -0.3 is 20.6 Å². The van der Waals surface area contributed by atoms with Crippen LogP contribution in [0, 0.1) is 23.7 Å². The Hall–Kier alpha value is -1.28. The molecule has 2 bridgehead atoms. The second kappa shape index (κ2) is 9.30. The Morgan fingerprint density at radius 3 is 2.48 bits per heavy atom. The van der Waals surface area contributed by atoms with Crippen molar-refractivity contribution in [3.63, 3.8) is 0 Å². The number of hydrogen-bond acceptors (Lipinski definition) is 5. The van der Waals surface area contributed by atoms with Gasteiger partial charge in [0.05, 0.1) is 29.2 Å². The summed E-state index contributed by atoms with van der Waals surface area (Å²) in [6.45, 7) is 12.4. The van der Waals surface area contributed by atoms with E-state index in [1.165, 1.54) is 0 Å². The first-order valence-electron chi connectivity index (χ1n) is 11.8. The van der Waals surface area contributed by atoms with E-state index in [4.69, 9.17) is 0 Å². The predicted octanol–water partition coefficient (Wildman–Crippen LogP) is 1.78. The van der Waals surface area contributed by atoms with Gasteiger partial charge in [0.15, 0.2) is 0 Å². The highest BCUT2D eigenvalue weighted by molar-refractivity contribution is 8.02. The summed E-state index contributed by atoms with van der Waals surface area (Å²) < 4.78 is -0.626. The summed E-state index contributed by atoms with van der Waals surface area (Å²) in [6, 6.07) is -1.15. The van der Waals surface area contributed by atoms with Gasteiger partial charge >= 0.3 is 0 Å². The lowest BCUT2D eigenvalue weighted by molar-refractivity contribution is -0.143. The highest BCUT2D eigenvalue weighted by Gasteiger charge is 2.76. The van der Waals surface area contributed by atoms with Crippen molar-refractivity contribution >= 4 is 29.5 Å². The van der Waals surface area contributed by atoms with E-state index in [1.54, 1.807) is 16.7 Å². The highest BCUT2D eigenvalue weighted by Crippen LogP contribution is 2.68. The van der Waals surface area contributed by atoms with Crippen molar-refractivity contribution in [3.05, 3.63) is 0 Å². The van der Waals surface area contributed by atoms with E-state index < -0.39 is 28.7 Å². The average molecular weight is 454 g/mol. The normalized spacial score (nSPS) is 35.1. The van der Waals surface area contributed by atoms with Crippen LogP contribution in [-0.4, -0.2) is 69.0 Å². The molecule has 1 spiro atoms. The summed E-state index contributed by atoms with van der Waals surface area (Å²) in [5.41, 5.74) is 0. The third-order valence-corrected chi connectivity index (χ3v) is 9.14. The molecule has 0 aromatic rings. The molecule has 3 unspecified atom stereocenters. The van der Waals surface area contributed by atoms with Crippen LogP contribution in [-0.2, 0) is 14.4 Å². The summed E-state index contributed by atoms with van der Waals surface area (Å²) in [5.74, 6) is -0.907. The zero-order chi connectivity index (χ0) is 23.1. The number of nitrogens with one attached hydrogen (secondary N) is 2. The summed E-state index contributed by atoms with van der Waals surface area (Å²) >= 11 is 1.68. The van der Waals surface area contributed by atoms with Gasteiger partial charge in [-0.3, -0.25) is 14.4 Å². The zero-order valence-corrected chi connectivity index (χ0v) is 20.5. The number of nitrogens with zero attached hydrogens (tertiary/aromatic N) is 1. The molecule has 0 radical (unpaired) electrons. The minimum absolute atomic E-state index is 0.0509. The molecule has 3 fully saturated rings. The number of likely N-dealkylation sites (tertiary alicyclic amines) is 1. The number of fused-ring (bicyclic) bond motifs is 1. The number of aliphatic hydroxyl groups excluding tert-OH is 1. The van der Waals surface area contributed by atoms with Crippen LogP contribution in [0.25, 0.3) is 0 Å². The monoisotopic (exact) mass is 453 g/mol. The standard InChI is InChI=1S/C23H39N3O4S/c1-7-8-24-20(28)17-16-10-14(6)23(31-16)18(17)22(30)26(15(11-27)9-12(2)3)19(23)21(29)25-13(4)5/h12-19,27H,7-11H2,1-6H3,(H,24,28)(H,25,29)/t14?,15-,16-,17+,18+,19?,23?/m1/s1. The van der Waals surface area contributed by atoms with Gasteiger partial charge in [-0.15, -0.1) is 11.8 Å². The van der Waals surface area contributed by atoms with Crippen molar-refractivity contribution in [3.8, 4) is 0 Å². The minimum Gasteiger partial charge on any atom is -0.394 e. The van der Waals surface area contributed by atoms with Crippen LogP contribution in [0.1, 0.15) is 60.8 Å². The van der Waals surface area contributed by atoms with Crippen LogP contribution in [0.4, 0.5) is 0 Å². The van der Waals surface area contributed by atoms with E-state index in [9.17, 15) is 19.5 Å². The van der Waals surface area contributed by atoms with E-state index in [1.807, 2.05) is 20.8 Å². The van der Waals surface area contributed by atoms with Crippen LogP contribution < -0.4 is 10.6 Å². The van der Waals surface area contributed by atoms with Crippen LogP contribution in [0.15, 0.2) is 0 Å². The fourth-order valence-corrected chi connectivity index (χ4v) is 8.41. The van der Waals surface area contributed by atoms with E-state index in [0.717, 1.165) is 12.8 Å². The molecule has 3 aliphatic heterocycles. The first kappa shape index (κ1) is 24.4. The zero-order valence-electron chi connectivity index (χ0n) is 19.7. The molecule has 0 aromatic carbocycles. The quantitative estimate of drug-likeness (QED) is 0.494.